The van der Waals surface area contributed by atoms with Crippen LogP contribution in [0.4, 0.5) is 10.1 Å². The number of carbonyl (C=O) groups excluding carboxylic acids is 1. The van der Waals surface area contributed by atoms with Gasteiger partial charge in [-0.3, -0.25) is 9.52 Å². The SMILES string of the molecule is CC(C)(C)OC(=O)CCCCCCCCCCCCCCCc1cc(Oc2ccc(S(=O)(=O)Nc3cnc(C(=O)O)nc3)cc2)ccc1F. The number of esters is 1. The van der Waals surface area contributed by atoms with E-state index in [2.05, 4.69) is 14.7 Å². The summed E-state index contributed by atoms with van der Waals surface area (Å²) in [5.74, 6) is -1.29. The summed E-state index contributed by atoms with van der Waals surface area (Å²) in [5, 5.41) is 8.89. The van der Waals surface area contributed by atoms with Gasteiger partial charge in [-0.05, 0) is 88.1 Å². The summed E-state index contributed by atoms with van der Waals surface area (Å²) in [6, 6.07) is 10.3. The molecule has 0 spiro atoms. The Kier molecular flexibility index (Phi) is 15.9. The Bertz CT molecular complexity index is 1570. The molecule has 49 heavy (non-hydrogen) atoms. The zero-order valence-corrected chi connectivity index (χ0v) is 29.7. The molecule has 2 N–H and O–H groups in total. The maximum atomic E-state index is 14.5. The van der Waals surface area contributed by atoms with Crippen LogP contribution in [0.1, 0.15) is 127 Å². The van der Waals surface area contributed by atoms with Gasteiger partial charge in [0.05, 0.1) is 23.0 Å². The van der Waals surface area contributed by atoms with Gasteiger partial charge in [0.15, 0.2) is 0 Å². The van der Waals surface area contributed by atoms with Gasteiger partial charge in [0.25, 0.3) is 10.0 Å². The number of nitrogens with one attached hydrogen (secondary N) is 1. The number of carboxylic acids is 1. The molecule has 3 aromatic rings. The van der Waals surface area contributed by atoms with Gasteiger partial charge in [-0.1, -0.05) is 70.6 Å². The molecule has 268 valence electrons. The maximum absolute atomic E-state index is 14.5. The number of anilines is 1. The molecular weight excluding hydrogens is 649 g/mol. The van der Waals surface area contributed by atoms with E-state index < -0.39 is 27.4 Å². The van der Waals surface area contributed by atoms with Crippen molar-refractivity contribution >= 4 is 27.6 Å². The van der Waals surface area contributed by atoms with E-state index in [1.165, 1.54) is 81.7 Å². The van der Waals surface area contributed by atoms with Crippen LogP contribution in [0.5, 0.6) is 11.5 Å². The number of hydrogen-bond acceptors (Lipinski definition) is 8. The molecule has 0 saturated heterocycles. The van der Waals surface area contributed by atoms with Gasteiger partial charge < -0.3 is 14.6 Å². The lowest BCUT2D eigenvalue weighted by Crippen LogP contribution is -2.23. The average molecular weight is 700 g/mol. The molecular formula is C37H50FN3O7S. The summed E-state index contributed by atoms with van der Waals surface area (Å²) < 4.78 is 53.4. The number of aromatic carboxylic acids is 1. The summed E-state index contributed by atoms with van der Waals surface area (Å²) >= 11 is 0. The molecule has 0 bridgehead atoms. The first kappa shape index (κ1) is 39.4. The van der Waals surface area contributed by atoms with Crippen molar-refractivity contribution in [3.8, 4) is 11.5 Å². The topological polar surface area (TPSA) is 145 Å². The van der Waals surface area contributed by atoms with Crippen molar-refractivity contribution in [1.29, 1.82) is 0 Å². The highest BCUT2D eigenvalue weighted by Gasteiger charge is 2.17. The lowest BCUT2D eigenvalue weighted by molar-refractivity contribution is -0.154. The fourth-order valence-electron chi connectivity index (χ4n) is 5.26. The first-order valence-corrected chi connectivity index (χ1v) is 18.7. The number of carboxylic acid groups (broad SMARTS) is 1. The number of unbranched alkanes of at least 4 members (excludes halogenated alkanes) is 12. The molecule has 0 atom stereocenters. The van der Waals surface area contributed by atoms with Gasteiger partial charge >= 0.3 is 11.9 Å². The van der Waals surface area contributed by atoms with Crippen molar-refractivity contribution in [3.63, 3.8) is 0 Å². The Morgan fingerprint density at radius 3 is 1.82 bits per heavy atom. The maximum Gasteiger partial charge on any atom is 0.373 e. The lowest BCUT2D eigenvalue weighted by Gasteiger charge is -2.19. The number of nitrogens with zero attached hydrogens (tertiary/aromatic N) is 2. The van der Waals surface area contributed by atoms with Crippen LogP contribution in [0.15, 0.2) is 59.8 Å². The lowest BCUT2D eigenvalue weighted by atomic mass is 10.0. The zero-order chi connectivity index (χ0) is 35.7. The first-order chi connectivity index (χ1) is 23.3. The van der Waals surface area contributed by atoms with Crippen molar-refractivity contribution in [2.75, 3.05) is 4.72 Å². The predicted octanol–water partition coefficient (Wildman–Crippen LogP) is 9.25. The smallest absolute Gasteiger partial charge is 0.373 e. The molecule has 0 radical (unpaired) electrons. The summed E-state index contributed by atoms with van der Waals surface area (Å²) in [7, 11) is -3.98. The number of aromatic nitrogens is 2. The number of sulfonamides is 1. The normalized spacial score (nSPS) is 11.7. The van der Waals surface area contributed by atoms with Gasteiger partial charge in [0.1, 0.15) is 22.9 Å². The minimum Gasteiger partial charge on any atom is -0.475 e. The number of rotatable bonds is 22. The number of halogens is 1. The Hall–Kier alpha value is -4.06. The number of carbonyl (C=O) groups is 2. The monoisotopic (exact) mass is 699 g/mol. The van der Waals surface area contributed by atoms with E-state index in [0.717, 1.165) is 44.5 Å². The summed E-state index contributed by atoms with van der Waals surface area (Å²) in [4.78, 5) is 29.8. The van der Waals surface area contributed by atoms with Crippen molar-refractivity contribution in [3.05, 3.63) is 72.1 Å². The molecule has 1 heterocycles. The van der Waals surface area contributed by atoms with Crippen LogP contribution < -0.4 is 9.46 Å². The van der Waals surface area contributed by atoms with Crippen LogP contribution in [0.25, 0.3) is 0 Å². The second-order valence-electron chi connectivity index (χ2n) is 13.2. The van der Waals surface area contributed by atoms with E-state index in [0.29, 0.717) is 29.9 Å². The molecule has 2 aromatic carbocycles. The fraction of sp³-hybridized carbons (Fsp3) is 0.514. The second-order valence-corrected chi connectivity index (χ2v) is 14.9. The Balaban J connectivity index is 1.27. The largest absolute Gasteiger partial charge is 0.475 e. The number of aryl methyl sites for hydroxylation is 1. The van der Waals surface area contributed by atoms with Crippen LogP contribution in [0.3, 0.4) is 0 Å². The molecule has 0 aliphatic rings. The average Bonchev–Trinajstić information content (AvgIpc) is 3.03. The zero-order valence-electron chi connectivity index (χ0n) is 28.9. The van der Waals surface area contributed by atoms with Crippen LogP contribution in [-0.2, 0) is 26.0 Å². The summed E-state index contributed by atoms with van der Waals surface area (Å²) in [5.41, 5.74) is 0.202. The van der Waals surface area contributed by atoms with Crippen LogP contribution in [-0.4, -0.2) is 41.0 Å². The van der Waals surface area contributed by atoms with Crippen molar-refractivity contribution in [2.45, 2.75) is 128 Å². The molecule has 0 fully saturated rings. The number of hydrogen-bond donors (Lipinski definition) is 2. The first-order valence-electron chi connectivity index (χ1n) is 17.2. The third-order valence-electron chi connectivity index (χ3n) is 7.73. The molecule has 0 unspecified atom stereocenters. The molecule has 0 saturated carbocycles. The van der Waals surface area contributed by atoms with Gasteiger partial charge in [-0.25, -0.2) is 27.6 Å². The van der Waals surface area contributed by atoms with E-state index in [1.54, 1.807) is 12.1 Å². The molecule has 3 rings (SSSR count). The Labute approximate surface area is 289 Å². The van der Waals surface area contributed by atoms with E-state index in [1.807, 2.05) is 20.8 Å². The van der Waals surface area contributed by atoms with Crippen LogP contribution >= 0.6 is 0 Å². The van der Waals surface area contributed by atoms with E-state index in [-0.39, 0.29) is 22.4 Å². The highest BCUT2D eigenvalue weighted by atomic mass is 32.2. The molecule has 0 aliphatic heterocycles. The third kappa shape index (κ3) is 15.4. The van der Waals surface area contributed by atoms with Crippen LogP contribution in [0, 0.1) is 5.82 Å². The second kappa shape index (κ2) is 19.8. The number of ether oxygens (including phenoxy) is 2. The third-order valence-corrected chi connectivity index (χ3v) is 9.13. The van der Waals surface area contributed by atoms with Crippen molar-refractivity contribution in [1.82, 2.24) is 9.97 Å². The van der Waals surface area contributed by atoms with Gasteiger partial charge in [0.2, 0.25) is 5.82 Å². The summed E-state index contributed by atoms with van der Waals surface area (Å²) in [6.45, 7) is 5.69. The van der Waals surface area contributed by atoms with E-state index >= 15 is 0 Å². The molecule has 0 amide bonds. The quantitative estimate of drug-likeness (QED) is 0.0774. The number of benzene rings is 2. The minimum absolute atomic E-state index is 0.0212. The van der Waals surface area contributed by atoms with E-state index in [4.69, 9.17) is 14.6 Å². The predicted molar refractivity (Wildman–Crippen MR) is 187 cm³/mol. The van der Waals surface area contributed by atoms with Gasteiger partial charge in [-0.2, -0.15) is 0 Å². The van der Waals surface area contributed by atoms with Gasteiger partial charge in [0, 0.05) is 6.42 Å². The van der Waals surface area contributed by atoms with Crippen molar-refractivity contribution < 1.29 is 37.0 Å². The molecule has 10 nitrogen and oxygen atoms in total. The Morgan fingerprint density at radius 2 is 1.29 bits per heavy atom. The van der Waals surface area contributed by atoms with Crippen LogP contribution in [0.2, 0.25) is 0 Å². The van der Waals surface area contributed by atoms with Crippen molar-refractivity contribution in [2.24, 2.45) is 0 Å². The Morgan fingerprint density at radius 1 is 0.776 bits per heavy atom. The molecule has 12 heteroatoms. The minimum atomic E-state index is -3.98. The fourth-order valence-corrected chi connectivity index (χ4v) is 6.28. The molecule has 1 aromatic heterocycles. The highest BCUT2D eigenvalue weighted by Crippen LogP contribution is 2.27. The van der Waals surface area contributed by atoms with E-state index in [9.17, 15) is 22.4 Å². The highest BCUT2D eigenvalue weighted by molar-refractivity contribution is 7.92. The summed E-state index contributed by atoms with van der Waals surface area (Å²) in [6.07, 6.45) is 18.1. The van der Waals surface area contributed by atoms with Gasteiger partial charge in [-0.15, -0.1) is 0 Å². The standard InChI is InChI=1S/C37H50FN3O7S/c1-37(2,3)48-34(42)18-16-14-12-10-8-6-4-5-7-9-11-13-15-17-28-25-31(21-24-33(28)38)47-30-19-22-32(23-20-30)49(45,46)41-29-26-39-35(36(43)44)40-27-29/h19-27,41H,4-18H2,1-3H3,(H,43,44). The molecule has 0 aliphatic carbocycles.